The molecule has 0 radical (unpaired) electrons. The van der Waals surface area contributed by atoms with E-state index in [1.807, 2.05) is 6.92 Å². The van der Waals surface area contributed by atoms with Gasteiger partial charge in [-0.05, 0) is 26.7 Å². The number of nitrogens with one attached hydrogen (secondary N) is 1. The Morgan fingerprint density at radius 3 is 2.00 bits per heavy atom. The molecule has 150 valence electrons. The van der Waals surface area contributed by atoms with Crippen molar-refractivity contribution in [2.45, 2.75) is 45.8 Å². The van der Waals surface area contributed by atoms with Gasteiger partial charge in [0.25, 0.3) is 0 Å². The number of nitrogens with zero attached hydrogens (tertiary/aromatic N) is 1. The predicted octanol–water partition coefficient (Wildman–Crippen LogP) is 1.82. The number of amides is 1. The molecule has 0 saturated carbocycles. The van der Waals surface area contributed by atoms with Crippen LogP contribution in [-0.2, 0) is 28.6 Å². The van der Waals surface area contributed by atoms with E-state index in [9.17, 15) is 19.2 Å². The van der Waals surface area contributed by atoms with Gasteiger partial charge in [0.15, 0.2) is 6.10 Å². The maximum absolute atomic E-state index is 12.1. The lowest BCUT2D eigenvalue weighted by molar-refractivity contribution is -0.147. The maximum Gasteiger partial charge on any atom is 0.407 e. The molecule has 0 bridgehead atoms. The smallest absolute Gasteiger partial charge is 0.407 e. The number of hydrogen-bond donors (Lipinski definition) is 1. The molecule has 9 nitrogen and oxygen atoms in total. The van der Waals surface area contributed by atoms with Gasteiger partial charge in [0.2, 0.25) is 6.08 Å². The highest BCUT2D eigenvalue weighted by Gasteiger charge is 2.21. The SMILES string of the molecule is C=C(C)C(=O)OCC(COC(=O)C(=C)C)OC(=O)NC(CC)CCN=C=O. The van der Waals surface area contributed by atoms with E-state index in [1.165, 1.54) is 19.9 Å². The third-order valence-corrected chi connectivity index (χ3v) is 3.24. The molecule has 0 aromatic carbocycles. The number of carbonyl (C=O) groups is 3. The fourth-order valence-corrected chi connectivity index (χ4v) is 1.70. The van der Waals surface area contributed by atoms with Crippen LogP contribution in [-0.4, -0.2) is 56.0 Å². The second-order valence-corrected chi connectivity index (χ2v) is 5.80. The molecular formula is C18H26N2O7. The van der Waals surface area contributed by atoms with E-state index in [0.717, 1.165) is 0 Å². The van der Waals surface area contributed by atoms with Crippen molar-refractivity contribution in [3.8, 4) is 0 Å². The van der Waals surface area contributed by atoms with Crippen molar-refractivity contribution in [2.75, 3.05) is 19.8 Å². The van der Waals surface area contributed by atoms with Gasteiger partial charge in [-0.2, -0.15) is 0 Å². The molecule has 0 aromatic heterocycles. The summed E-state index contributed by atoms with van der Waals surface area (Å²) < 4.78 is 15.1. The Kier molecular flexibility index (Phi) is 11.9. The summed E-state index contributed by atoms with van der Waals surface area (Å²) in [6.07, 6.45) is 0.653. The number of carbonyl (C=O) groups excluding carboxylic acids is 4. The predicted molar refractivity (Wildman–Crippen MR) is 96.6 cm³/mol. The number of hydrogen-bond acceptors (Lipinski definition) is 8. The molecule has 0 heterocycles. The summed E-state index contributed by atoms with van der Waals surface area (Å²) >= 11 is 0. The molecule has 0 fully saturated rings. The van der Waals surface area contributed by atoms with Gasteiger partial charge in [0.05, 0.1) is 6.54 Å². The lowest BCUT2D eigenvalue weighted by Gasteiger charge is -2.21. The highest BCUT2D eigenvalue weighted by atomic mass is 16.6. The van der Waals surface area contributed by atoms with Crippen LogP contribution in [0.5, 0.6) is 0 Å². The van der Waals surface area contributed by atoms with Crippen molar-refractivity contribution in [1.82, 2.24) is 5.32 Å². The first kappa shape index (κ1) is 24.1. The van der Waals surface area contributed by atoms with Gasteiger partial charge < -0.3 is 19.5 Å². The summed E-state index contributed by atoms with van der Waals surface area (Å²) in [4.78, 5) is 48.6. The number of isocyanates is 1. The van der Waals surface area contributed by atoms with Gasteiger partial charge in [-0.1, -0.05) is 20.1 Å². The second-order valence-electron chi connectivity index (χ2n) is 5.80. The van der Waals surface area contributed by atoms with E-state index in [-0.39, 0.29) is 36.9 Å². The zero-order valence-electron chi connectivity index (χ0n) is 15.9. The molecule has 1 atom stereocenters. The van der Waals surface area contributed by atoms with Crippen LogP contribution in [0.25, 0.3) is 0 Å². The number of esters is 2. The van der Waals surface area contributed by atoms with Crippen molar-refractivity contribution in [1.29, 1.82) is 0 Å². The van der Waals surface area contributed by atoms with E-state index in [1.54, 1.807) is 0 Å². The van der Waals surface area contributed by atoms with Crippen LogP contribution >= 0.6 is 0 Å². The van der Waals surface area contributed by atoms with Crippen LogP contribution in [0, 0.1) is 0 Å². The number of ether oxygens (including phenoxy) is 3. The normalized spacial score (nSPS) is 11.0. The van der Waals surface area contributed by atoms with Crippen LogP contribution in [0.3, 0.4) is 0 Å². The first-order valence-electron chi connectivity index (χ1n) is 8.37. The Bertz CT molecular complexity index is 579. The Morgan fingerprint density at radius 2 is 1.59 bits per heavy atom. The van der Waals surface area contributed by atoms with Gasteiger partial charge in [-0.25, -0.2) is 24.2 Å². The lowest BCUT2D eigenvalue weighted by Crippen LogP contribution is -2.40. The molecule has 27 heavy (non-hydrogen) atoms. The topological polar surface area (TPSA) is 120 Å². The highest BCUT2D eigenvalue weighted by molar-refractivity contribution is 5.87. The van der Waals surface area contributed by atoms with Gasteiger partial charge in [0, 0.05) is 17.2 Å². The third-order valence-electron chi connectivity index (χ3n) is 3.24. The maximum atomic E-state index is 12.1. The molecule has 0 aliphatic carbocycles. The molecule has 0 aliphatic heterocycles. The van der Waals surface area contributed by atoms with E-state index in [0.29, 0.717) is 12.8 Å². The molecule has 1 amide bonds. The highest BCUT2D eigenvalue weighted by Crippen LogP contribution is 2.04. The van der Waals surface area contributed by atoms with Crippen molar-refractivity contribution in [2.24, 2.45) is 4.99 Å². The monoisotopic (exact) mass is 382 g/mol. The van der Waals surface area contributed by atoms with E-state index in [4.69, 9.17) is 14.2 Å². The quantitative estimate of drug-likeness (QED) is 0.180. The van der Waals surface area contributed by atoms with Crippen LogP contribution in [0.2, 0.25) is 0 Å². The first-order chi connectivity index (χ1) is 12.7. The average Bonchev–Trinajstić information content (AvgIpc) is 2.62. The van der Waals surface area contributed by atoms with E-state index in [2.05, 4.69) is 23.5 Å². The zero-order valence-corrected chi connectivity index (χ0v) is 15.9. The number of rotatable bonds is 12. The summed E-state index contributed by atoms with van der Waals surface area (Å²) in [5, 5.41) is 2.61. The van der Waals surface area contributed by atoms with Gasteiger partial charge in [0.1, 0.15) is 13.2 Å². The Balaban J connectivity index is 4.76. The molecule has 9 heteroatoms. The zero-order chi connectivity index (χ0) is 20.8. The Hall–Kier alpha value is -2.93. The fraction of sp³-hybridized carbons (Fsp3) is 0.556. The van der Waals surface area contributed by atoms with Crippen molar-refractivity contribution in [3.05, 3.63) is 24.3 Å². The third kappa shape index (κ3) is 11.3. The minimum Gasteiger partial charge on any atom is -0.458 e. The summed E-state index contributed by atoms with van der Waals surface area (Å²) in [6, 6.07) is -0.272. The molecule has 1 unspecified atom stereocenters. The Labute approximate surface area is 158 Å². The van der Waals surface area contributed by atoms with Crippen molar-refractivity contribution in [3.63, 3.8) is 0 Å². The summed E-state index contributed by atoms with van der Waals surface area (Å²) in [5.74, 6) is -1.32. The van der Waals surface area contributed by atoms with Gasteiger partial charge in [-0.15, -0.1) is 0 Å². The van der Waals surface area contributed by atoms with Gasteiger partial charge in [-0.3, -0.25) is 0 Å². The molecule has 0 rings (SSSR count). The van der Waals surface area contributed by atoms with E-state index >= 15 is 0 Å². The number of aliphatic imine (C=N–C) groups is 1. The Morgan fingerprint density at radius 1 is 1.07 bits per heavy atom. The minimum atomic E-state index is -1.01. The molecular weight excluding hydrogens is 356 g/mol. The van der Waals surface area contributed by atoms with Crippen LogP contribution in [0.1, 0.15) is 33.6 Å². The fourth-order valence-electron chi connectivity index (χ4n) is 1.70. The second kappa shape index (κ2) is 13.3. The van der Waals surface area contributed by atoms with E-state index < -0.39 is 24.1 Å². The van der Waals surface area contributed by atoms with Crippen LogP contribution in [0.4, 0.5) is 4.79 Å². The molecule has 0 spiro atoms. The summed E-state index contributed by atoms with van der Waals surface area (Å²) in [7, 11) is 0. The molecule has 0 aliphatic rings. The first-order valence-corrected chi connectivity index (χ1v) is 8.37. The molecule has 1 N–H and O–H groups in total. The standard InChI is InChI=1S/C18H26N2O7/c1-6-14(7-8-19-11-21)20-18(24)27-15(9-25-16(22)12(2)3)10-26-17(23)13(4)5/h14-15H,2,4,6-10H2,1,3,5H3,(H,20,24). The lowest BCUT2D eigenvalue weighted by atomic mass is 10.1. The molecule has 0 saturated heterocycles. The van der Waals surface area contributed by atoms with Crippen LogP contribution < -0.4 is 5.32 Å². The average molecular weight is 382 g/mol. The number of alkyl carbamates (subject to hydrolysis) is 1. The summed E-state index contributed by atoms with van der Waals surface area (Å²) in [5.41, 5.74) is 0.359. The van der Waals surface area contributed by atoms with Crippen LogP contribution in [0.15, 0.2) is 29.3 Å². The molecule has 0 aromatic rings. The minimum absolute atomic E-state index is 0.180. The summed E-state index contributed by atoms with van der Waals surface area (Å²) in [6.45, 7) is 11.3. The van der Waals surface area contributed by atoms with Crippen molar-refractivity contribution < 1.29 is 33.4 Å². The largest absolute Gasteiger partial charge is 0.458 e. The van der Waals surface area contributed by atoms with Crippen molar-refractivity contribution >= 4 is 24.1 Å². The van der Waals surface area contributed by atoms with Gasteiger partial charge >= 0.3 is 18.0 Å².